The van der Waals surface area contributed by atoms with Gasteiger partial charge >= 0.3 is 0 Å². The maximum atomic E-state index is 2.73. The Morgan fingerprint density at radius 3 is 1.37 bits per heavy atom. The number of hydrogen-bond donors (Lipinski definition) is 0. The topological polar surface area (TPSA) is 6.48 Å². The van der Waals surface area contributed by atoms with Gasteiger partial charge in [-0.05, 0) is 190 Å². The highest BCUT2D eigenvalue weighted by Crippen LogP contribution is 2.53. The van der Waals surface area contributed by atoms with E-state index in [-0.39, 0.29) is 39.2 Å². The van der Waals surface area contributed by atoms with Gasteiger partial charge in [0.2, 0.25) is 0 Å². The number of nitrogens with zero attached hydrogens (tertiary/aromatic N) is 2. The molecule has 0 fully saturated rings. The summed E-state index contributed by atoms with van der Waals surface area (Å²) in [6, 6.07) is 64.0. The van der Waals surface area contributed by atoms with Crippen LogP contribution in [0.15, 0.2) is 164 Å². The van der Waals surface area contributed by atoms with Crippen LogP contribution in [-0.2, 0) is 32.5 Å². The van der Waals surface area contributed by atoms with Crippen molar-refractivity contribution < 1.29 is 0 Å². The van der Waals surface area contributed by atoms with Crippen molar-refractivity contribution in [3.05, 3.63) is 197 Å². The number of anilines is 6. The Hall–Kier alpha value is -6.58. The molecule has 0 amide bonds. The third-order valence-corrected chi connectivity index (χ3v) is 17.3. The molecule has 1 aliphatic carbocycles. The van der Waals surface area contributed by atoms with E-state index in [1.165, 1.54) is 117 Å². The van der Waals surface area contributed by atoms with Crippen molar-refractivity contribution in [2.24, 2.45) is 0 Å². The molecule has 0 spiro atoms. The Labute approximate surface area is 451 Å². The van der Waals surface area contributed by atoms with Gasteiger partial charge in [0.15, 0.2) is 0 Å². The molecule has 8 aromatic carbocycles. The lowest BCUT2D eigenvalue weighted by Crippen LogP contribution is -2.62. The maximum absolute atomic E-state index is 2.73. The van der Waals surface area contributed by atoms with Crippen molar-refractivity contribution >= 4 is 57.2 Å². The van der Waals surface area contributed by atoms with Gasteiger partial charge in [0.25, 0.3) is 6.71 Å². The summed E-state index contributed by atoms with van der Waals surface area (Å²) in [4.78, 5) is 5.38. The Bertz CT molecular complexity index is 3470. The highest BCUT2D eigenvalue weighted by atomic mass is 15.2. The largest absolute Gasteiger partial charge is 0.311 e. The number of rotatable bonds is 5. The second-order valence-electron chi connectivity index (χ2n) is 27.8. The molecule has 0 unspecified atom stereocenters. The van der Waals surface area contributed by atoms with Crippen molar-refractivity contribution in [1.82, 2.24) is 0 Å². The first kappa shape index (κ1) is 50.6. The van der Waals surface area contributed by atoms with Gasteiger partial charge in [0, 0.05) is 34.0 Å². The minimum absolute atomic E-state index is 0.00127. The van der Waals surface area contributed by atoms with Crippen molar-refractivity contribution in [3.8, 4) is 33.4 Å². The van der Waals surface area contributed by atoms with Crippen molar-refractivity contribution in [2.45, 2.75) is 156 Å². The first-order chi connectivity index (χ1) is 35.2. The third kappa shape index (κ3) is 8.87. The number of fused-ring (bicyclic) bond motifs is 5. The fourth-order valence-electron chi connectivity index (χ4n) is 12.4. The molecule has 0 N–H and O–H groups in total. The summed E-state index contributed by atoms with van der Waals surface area (Å²) >= 11 is 0. The molecule has 8 aromatic rings. The highest BCUT2D eigenvalue weighted by molar-refractivity contribution is 7.00. The van der Waals surface area contributed by atoms with E-state index in [4.69, 9.17) is 0 Å². The molecule has 2 heterocycles. The lowest BCUT2D eigenvalue weighted by atomic mass is 9.33. The molecular weight excluding hydrogens is 904 g/mol. The molecule has 2 nitrogen and oxygen atoms in total. The van der Waals surface area contributed by atoms with Gasteiger partial charge in [0.1, 0.15) is 0 Å². The number of benzene rings is 8. The quantitative estimate of drug-likeness (QED) is 0.159. The number of hydrogen-bond acceptors (Lipinski definition) is 2. The average Bonchev–Trinajstić information content (AvgIpc) is 3.36. The van der Waals surface area contributed by atoms with Crippen LogP contribution in [-0.4, -0.2) is 6.71 Å². The standard InChI is InChI=1S/C72H79BN2/c1-67(2,3)51-28-23-29-55(39-51)74-62-41-53(69(7,8)9)30-32-59(62)73-60-44-57-58(72(15,16)35-34-71(57,13)14)45-63(60)75(65-43-54(70(10,11)12)42-64(74)66(65)73)61-33-31-52(68(4,5)6)40-56(61)50-37-48(46-24-19-17-20-25-46)36-49(38-50)47-26-21-18-22-27-47/h17-33,36-45H,34-35H2,1-16H3. The highest BCUT2D eigenvalue weighted by Gasteiger charge is 2.47. The van der Waals surface area contributed by atoms with E-state index in [1.807, 2.05) is 0 Å². The molecule has 11 rings (SSSR count). The SMILES string of the molecule is CC(C)(C)c1cccc(N2c3cc(C(C)(C)C)ccc3B3c4cc5c(cc4N(c4ccc(C(C)(C)C)cc4-c4cc(-c6ccccc6)cc(-c6ccccc6)c4)c4cc(C(C)(C)C)cc2c43)C(C)(C)CCC5(C)C)c1. The molecule has 0 aromatic heterocycles. The summed E-state index contributed by atoms with van der Waals surface area (Å²) in [6.07, 6.45) is 2.30. The molecule has 75 heavy (non-hydrogen) atoms. The molecular formula is C72H79BN2. The Morgan fingerprint density at radius 1 is 0.347 bits per heavy atom. The van der Waals surface area contributed by atoms with Crippen LogP contribution in [0.4, 0.5) is 34.1 Å². The predicted molar refractivity (Wildman–Crippen MR) is 327 cm³/mol. The normalized spacial score (nSPS) is 15.8. The summed E-state index contributed by atoms with van der Waals surface area (Å²) in [5.41, 5.74) is 26.9. The molecule has 3 heteroatoms. The smallest absolute Gasteiger partial charge is 0.252 e. The second kappa shape index (κ2) is 17.5. The second-order valence-corrected chi connectivity index (χ2v) is 27.8. The Balaban J connectivity index is 1.30. The fourth-order valence-corrected chi connectivity index (χ4v) is 12.4. The van der Waals surface area contributed by atoms with Gasteiger partial charge in [-0.25, -0.2) is 0 Å². The zero-order valence-electron chi connectivity index (χ0n) is 48.0. The Kier molecular flexibility index (Phi) is 11.8. The zero-order chi connectivity index (χ0) is 53.4. The van der Waals surface area contributed by atoms with Crippen LogP contribution in [0.25, 0.3) is 33.4 Å². The minimum atomic E-state index is -0.158. The van der Waals surface area contributed by atoms with Gasteiger partial charge in [-0.3, -0.25) is 0 Å². The molecule has 0 bridgehead atoms. The monoisotopic (exact) mass is 983 g/mol. The molecule has 0 saturated carbocycles. The van der Waals surface area contributed by atoms with Crippen LogP contribution >= 0.6 is 0 Å². The van der Waals surface area contributed by atoms with Gasteiger partial charge in [0.05, 0.1) is 5.69 Å². The maximum Gasteiger partial charge on any atom is 0.252 e. The zero-order valence-corrected chi connectivity index (χ0v) is 48.0. The summed E-state index contributed by atoms with van der Waals surface area (Å²) in [5.74, 6) is 0. The van der Waals surface area contributed by atoms with Crippen molar-refractivity contribution in [3.63, 3.8) is 0 Å². The van der Waals surface area contributed by atoms with Gasteiger partial charge < -0.3 is 9.80 Å². The van der Waals surface area contributed by atoms with E-state index >= 15 is 0 Å². The minimum Gasteiger partial charge on any atom is -0.311 e. The van der Waals surface area contributed by atoms with E-state index in [0.717, 1.165) is 12.8 Å². The first-order valence-corrected chi connectivity index (χ1v) is 27.8. The molecule has 0 saturated heterocycles. The summed E-state index contributed by atoms with van der Waals surface area (Å²) < 4.78 is 0. The van der Waals surface area contributed by atoms with E-state index in [0.29, 0.717) is 0 Å². The van der Waals surface area contributed by atoms with Crippen molar-refractivity contribution in [2.75, 3.05) is 9.80 Å². The lowest BCUT2D eigenvalue weighted by molar-refractivity contribution is 0.332. The summed E-state index contributed by atoms with van der Waals surface area (Å²) in [6.45, 7) is 38.3. The first-order valence-electron chi connectivity index (χ1n) is 27.8. The average molecular weight is 983 g/mol. The summed E-state index contributed by atoms with van der Waals surface area (Å²) in [7, 11) is 0. The van der Waals surface area contributed by atoms with E-state index in [1.54, 1.807) is 0 Å². The van der Waals surface area contributed by atoms with E-state index in [9.17, 15) is 0 Å². The van der Waals surface area contributed by atoms with Crippen LogP contribution in [0.3, 0.4) is 0 Å². The van der Waals surface area contributed by atoms with Crippen LogP contribution in [0.5, 0.6) is 0 Å². The summed E-state index contributed by atoms with van der Waals surface area (Å²) in [5, 5.41) is 0. The van der Waals surface area contributed by atoms with Crippen LogP contribution < -0.4 is 26.2 Å². The molecule has 0 atom stereocenters. The molecule has 380 valence electrons. The lowest BCUT2D eigenvalue weighted by Gasteiger charge is -2.48. The molecule has 3 aliphatic rings. The van der Waals surface area contributed by atoms with Gasteiger partial charge in [-0.15, -0.1) is 0 Å². The van der Waals surface area contributed by atoms with E-state index < -0.39 is 0 Å². The predicted octanol–water partition coefficient (Wildman–Crippen LogP) is 18.3. The fraction of sp³-hybridized carbons (Fsp3) is 0.333. The van der Waals surface area contributed by atoms with Gasteiger partial charge in [-0.1, -0.05) is 208 Å². The van der Waals surface area contributed by atoms with Crippen molar-refractivity contribution in [1.29, 1.82) is 0 Å². The Morgan fingerprint density at radius 2 is 0.813 bits per heavy atom. The van der Waals surface area contributed by atoms with E-state index in [2.05, 4.69) is 284 Å². The molecule has 0 radical (unpaired) electrons. The third-order valence-electron chi connectivity index (χ3n) is 17.3. The van der Waals surface area contributed by atoms with Crippen LogP contribution in [0, 0.1) is 0 Å². The van der Waals surface area contributed by atoms with Crippen LogP contribution in [0.1, 0.15) is 157 Å². The van der Waals surface area contributed by atoms with Gasteiger partial charge in [-0.2, -0.15) is 0 Å². The molecule has 2 aliphatic heterocycles. The van der Waals surface area contributed by atoms with Crippen LogP contribution in [0.2, 0.25) is 0 Å².